The molecule has 162 valence electrons. The average Bonchev–Trinajstić information content (AvgIpc) is 3.10. The van der Waals surface area contributed by atoms with Crippen LogP contribution in [-0.4, -0.2) is 36.2 Å². The number of hydrogen-bond acceptors (Lipinski definition) is 7. The monoisotopic (exact) mass is 453 g/mol. The van der Waals surface area contributed by atoms with Crippen molar-refractivity contribution in [3.8, 4) is 17.2 Å². The zero-order valence-electron chi connectivity index (χ0n) is 17.0. The number of rotatable bonds is 3. The van der Waals surface area contributed by atoms with E-state index in [2.05, 4.69) is 9.97 Å². The van der Waals surface area contributed by atoms with Crippen LogP contribution in [0.1, 0.15) is 16.8 Å². The van der Waals surface area contributed by atoms with E-state index in [-0.39, 0.29) is 11.5 Å². The molecule has 0 radical (unpaired) electrons. The Morgan fingerprint density at radius 3 is 2.94 bits per heavy atom. The highest BCUT2D eigenvalue weighted by atomic mass is 35.5. The van der Waals surface area contributed by atoms with Gasteiger partial charge < -0.3 is 18.8 Å². The third-order valence-corrected chi connectivity index (χ3v) is 5.38. The van der Waals surface area contributed by atoms with Crippen molar-refractivity contribution in [2.24, 2.45) is 0 Å². The molecule has 0 saturated carbocycles. The van der Waals surface area contributed by atoms with E-state index in [1.807, 2.05) is 4.90 Å². The fourth-order valence-corrected chi connectivity index (χ4v) is 3.80. The van der Waals surface area contributed by atoms with Gasteiger partial charge in [-0.3, -0.25) is 0 Å². The van der Waals surface area contributed by atoms with Crippen molar-refractivity contribution >= 4 is 40.2 Å². The summed E-state index contributed by atoms with van der Waals surface area (Å²) in [7, 11) is 1.29. The normalized spacial score (nSPS) is 13.4. The van der Waals surface area contributed by atoms with Crippen molar-refractivity contribution in [3.63, 3.8) is 0 Å². The molecule has 0 amide bonds. The number of aromatic nitrogens is 2. The zero-order chi connectivity index (χ0) is 22.2. The van der Waals surface area contributed by atoms with Gasteiger partial charge in [0.15, 0.2) is 5.58 Å². The lowest BCUT2D eigenvalue weighted by Gasteiger charge is -2.23. The number of nitrogens with zero attached hydrogens (tertiary/aromatic N) is 3. The van der Waals surface area contributed by atoms with Crippen LogP contribution in [0.4, 0.5) is 15.9 Å². The standard InChI is InChI=1S/C23H17ClFN3O4/c1-30-23(29)15-11-21(28-7-2-8-31-19-6-4-14(25)10-18(19)28)26-12-16(15)22-27-17-5-3-13(24)9-20(17)32-22/h3-6,9-12H,2,7-8H2,1H3. The first-order chi connectivity index (χ1) is 15.5. The molecule has 0 aliphatic carbocycles. The molecule has 1 aliphatic rings. The summed E-state index contributed by atoms with van der Waals surface area (Å²) in [6, 6.07) is 11.0. The minimum Gasteiger partial charge on any atom is -0.491 e. The second-order valence-corrected chi connectivity index (χ2v) is 7.61. The Labute approximate surface area is 187 Å². The van der Waals surface area contributed by atoms with Gasteiger partial charge >= 0.3 is 5.97 Å². The number of halogens is 2. The van der Waals surface area contributed by atoms with Gasteiger partial charge in [0.05, 0.1) is 30.5 Å². The van der Waals surface area contributed by atoms with Crippen LogP contribution in [0.3, 0.4) is 0 Å². The number of benzene rings is 2. The van der Waals surface area contributed by atoms with E-state index in [1.54, 1.807) is 30.3 Å². The lowest BCUT2D eigenvalue weighted by Crippen LogP contribution is -2.20. The molecule has 2 aromatic carbocycles. The average molecular weight is 454 g/mol. The van der Waals surface area contributed by atoms with Gasteiger partial charge in [0, 0.05) is 29.9 Å². The van der Waals surface area contributed by atoms with Crippen molar-refractivity contribution in [2.45, 2.75) is 6.42 Å². The van der Waals surface area contributed by atoms with Crippen LogP contribution >= 0.6 is 11.6 Å². The van der Waals surface area contributed by atoms with Crippen molar-refractivity contribution in [2.75, 3.05) is 25.2 Å². The summed E-state index contributed by atoms with van der Waals surface area (Å²) >= 11 is 6.03. The highest BCUT2D eigenvalue weighted by Gasteiger charge is 2.24. The van der Waals surface area contributed by atoms with Crippen molar-refractivity contribution < 1.29 is 23.1 Å². The largest absolute Gasteiger partial charge is 0.491 e. The van der Waals surface area contributed by atoms with E-state index in [0.717, 1.165) is 0 Å². The van der Waals surface area contributed by atoms with Crippen molar-refractivity contribution in [3.05, 3.63) is 65.1 Å². The molecule has 9 heteroatoms. The molecule has 4 aromatic rings. The molecule has 1 aliphatic heterocycles. The predicted octanol–water partition coefficient (Wildman–Crippen LogP) is 5.39. The van der Waals surface area contributed by atoms with Gasteiger partial charge in [0.2, 0.25) is 5.89 Å². The van der Waals surface area contributed by atoms with Gasteiger partial charge in [-0.2, -0.15) is 0 Å². The lowest BCUT2D eigenvalue weighted by molar-refractivity contribution is 0.0601. The molecule has 5 rings (SSSR count). The van der Waals surface area contributed by atoms with E-state index in [1.165, 1.54) is 25.4 Å². The molecule has 0 unspecified atom stereocenters. The van der Waals surface area contributed by atoms with E-state index in [0.29, 0.717) is 58.5 Å². The van der Waals surface area contributed by atoms with Crippen LogP contribution in [0, 0.1) is 5.82 Å². The number of carbonyl (C=O) groups is 1. The maximum Gasteiger partial charge on any atom is 0.338 e. The summed E-state index contributed by atoms with van der Waals surface area (Å²) in [6.45, 7) is 1.02. The molecular formula is C23H17ClFN3O4. The molecule has 0 fully saturated rings. The van der Waals surface area contributed by atoms with Gasteiger partial charge in [0.1, 0.15) is 22.9 Å². The first kappa shape index (κ1) is 20.3. The molecule has 0 bridgehead atoms. The molecule has 2 aromatic heterocycles. The Balaban J connectivity index is 1.63. The smallest absolute Gasteiger partial charge is 0.338 e. The highest BCUT2D eigenvalue weighted by molar-refractivity contribution is 6.31. The van der Waals surface area contributed by atoms with Crippen LogP contribution in [0.2, 0.25) is 5.02 Å². The summed E-state index contributed by atoms with van der Waals surface area (Å²) in [6.07, 6.45) is 2.19. The first-order valence-corrected chi connectivity index (χ1v) is 10.3. The topological polar surface area (TPSA) is 77.7 Å². The van der Waals surface area contributed by atoms with Crippen LogP contribution < -0.4 is 9.64 Å². The number of hydrogen-bond donors (Lipinski definition) is 0. The first-order valence-electron chi connectivity index (χ1n) is 9.88. The molecule has 0 saturated heterocycles. The third kappa shape index (κ3) is 3.62. The van der Waals surface area contributed by atoms with E-state index in [9.17, 15) is 9.18 Å². The van der Waals surface area contributed by atoms with E-state index in [4.69, 9.17) is 25.5 Å². The molecule has 32 heavy (non-hydrogen) atoms. The molecule has 0 atom stereocenters. The number of ether oxygens (including phenoxy) is 2. The SMILES string of the molecule is COC(=O)c1cc(N2CCCOc3ccc(F)cc32)ncc1-c1nc2ccc(Cl)cc2o1. The minimum atomic E-state index is -0.575. The maximum atomic E-state index is 14.0. The Kier molecular flexibility index (Phi) is 5.14. The fraction of sp³-hybridized carbons (Fsp3) is 0.174. The Bertz CT molecular complexity index is 1340. The Morgan fingerprint density at radius 2 is 2.09 bits per heavy atom. The van der Waals surface area contributed by atoms with Gasteiger partial charge in [-0.15, -0.1) is 0 Å². The van der Waals surface area contributed by atoms with Crippen LogP contribution in [0.15, 0.2) is 53.1 Å². The number of esters is 1. The number of fused-ring (bicyclic) bond motifs is 2. The highest BCUT2D eigenvalue weighted by Crippen LogP contribution is 2.37. The number of oxazole rings is 1. The summed E-state index contributed by atoms with van der Waals surface area (Å²) in [5.74, 6) is 0.243. The van der Waals surface area contributed by atoms with Crippen LogP contribution in [0.5, 0.6) is 5.75 Å². The second-order valence-electron chi connectivity index (χ2n) is 7.18. The van der Waals surface area contributed by atoms with Crippen LogP contribution in [0.25, 0.3) is 22.6 Å². The Hall–Kier alpha value is -3.65. The number of methoxy groups -OCH3 is 1. The van der Waals surface area contributed by atoms with Crippen molar-refractivity contribution in [1.82, 2.24) is 9.97 Å². The predicted molar refractivity (Wildman–Crippen MR) is 117 cm³/mol. The number of pyridine rings is 1. The van der Waals surface area contributed by atoms with Gasteiger partial charge in [-0.1, -0.05) is 11.6 Å². The maximum absolute atomic E-state index is 14.0. The van der Waals surface area contributed by atoms with Crippen molar-refractivity contribution in [1.29, 1.82) is 0 Å². The molecule has 7 nitrogen and oxygen atoms in total. The molecule has 3 heterocycles. The van der Waals surface area contributed by atoms with E-state index < -0.39 is 11.8 Å². The van der Waals surface area contributed by atoms with Crippen LogP contribution in [-0.2, 0) is 4.74 Å². The molecule has 0 spiro atoms. The summed E-state index contributed by atoms with van der Waals surface area (Å²) in [5, 5.41) is 0.510. The second kappa shape index (κ2) is 8.12. The molecule has 0 N–H and O–H groups in total. The van der Waals surface area contributed by atoms with E-state index >= 15 is 0 Å². The summed E-state index contributed by atoms with van der Waals surface area (Å²) in [5.41, 5.74) is 2.21. The quantitative estimate of drug-likeness (QED) is 0.385. The van der Waals surface area contributed by atoms with Gasteiger partial charge in [-0.05, 0) is 36.8 Å². The lowest BCUT2D eigenvalue weighted by atomic mass is 10.1. The Morgan fingerprint density at radius 1 is 1.22 bits per heavy atom. The van der Waals surface area contributed by atoms with Gasteiger partial charge in [0.25, 0.3) is 0 Å². The van der Waals surface area contributed by atoms with Gasteiger partial charge in [-0.25, -0.2) is 19.2 Å². The zero-order valence-corrected chi connectivity index (χ0v) is 17.7. The fourth-order valence-electron chi connectivity index (χ4n) is 3.64. The molecular weight excluding hydrogens is 437 g/mol. The third-order valence-electron chi connectivity index (χ3n) is 5.15. The minimum absolute atomic E-state index is 0.215. The summed E-state index contributed by atoms with van der Waals surface area (Å²) < 4.78 is 30.5. The summed E-state index contributed by atoms with van der Waals surface area (Å²) in [4.78, 5) is 23.4. The number of carbonyl (C=O) groups excluding carboxylic acids is 1. The number of anilines is 2.